The van der Waals surface area contributed by atoms with Crippen LogP contribution in [0.25, 0.3) is 0 Å². The predicted molar refractivity (Wildman–Crippen MR) is 63.1 cm³/mol. The molecule has 0 bridgehead atoms. The second kappa shape index (κ2) is 4.74. The molecular weight excluding hydrogens is 205 g/mol. The van der Waals surface area contributed by atoms with Gasteiger partial charge in [-0.25, -0.2) is 4.39 Å². The number of nitrogens with two attached hydrogens (primary N) is 1. The smallest absolute Gasteiger partial charge is 0.164 e. The number of Topliss-reactive ketones (excluding diaryl/α,β-unsaturated/α-hetero) is 1. The summed E-state index contributed by atoms with van der Waals surface area (Å²) < 4.78 is 13.8. The van der Waals surface area contributed by atoms with E-state index in [1.165, 1.54) is 6.07 Å². The molecule has 0 heterocycles. The summed E-state index contributed by atoms with van der Waals surface area (Å²) in [7, 11) is 0. The van der Waals surface area contributed by atoms with E-state index in [-0.39, 0.29) is 23.4 Å². The van der Waals surface area contributed by atoms with Crippen molar-refractivity contribution in [3.8, 4) is 0 Å². The largest absolute Gasteiger partial charge is 0.330 e. The normalized spacial score (nSPS) is 11.6. The molecule has 2 nitrogen and oxygen atoms in total. The van der Waals surface area contributed by atoms with Crippen molar-refractivity contribution in [3.63, 3.8) is 0 Å². The molecular formula is C13H18FNO. The van der Waals surface area contributed by atoms with E-state index < -0.39 is 0 Å². The second-order valence-electron chi connectivity index (χ2n) is 4.91. The third kappa shape index (κ3) is 2.89. The van der Waals surface area contributed by atoms with Gasteiger partial charge in [-0.3, -0.25) is 4.79 Å². The summed E-state index contributed by atoms with van der Waals surface area (Å²) in [5.74, 6) is -0.433. The van der Waals surface area contributed by atoms with E-state index in [4.69, 9.17) is 5.73 Å². The zero-order chi connectivity index (χ0) is 12.3. The second-order valence-corrected chi connectivity index (χ2v) is 4.91. The van der Waals surface area contributed by atoms with Crippen LogP contribution < -0.4 is 5.73 Å². The minimum atomic E-state index is -0.324. The Kier molecular flexibility index (Phi) is 3.81. The van der Waals surface area contributed by atoms with Crippen LogP contribution in [-0.2, 0) is 5.41 Å². The van der Waals surface area contributed by atoms with Crippen molar-refractivity contribution in [3.05, 3.63) is 35.1 Å². The van der Waals surface area contributed by atoms with Crippen LogP contribution in [0.4, 0.5) is 4.39 Å². The van der Waals surface area contributed by atoms with Crippen LogP contribution in [0, 0.1) is 5.82 Å². The zero-order valence-corrected chi connectivity index (χ0v) is 10.0. The predicted octanol–water partition coefficient (Wildman–Crippen LogP) is 2.65. The van der Waals surface area contributed by atoms with E-state index >= 15 is 0 Å². The molecule has 0 unspecified atom stereocenters. The fourth-order valence-electron chi connectivity index (χ4n) is 1.57. The van der Waals surface area contributed by atoms with Crippen LogP contribution in [0.2, 0.25) is 0 Å². The first-order valence-electron chi connectivity index (χ1n) is 5.39. The molecule has 0 aromatic heterocycles. The molecule has 16 heavy (non-hydrogen) atoms. The molecule has 0 radical (unpaired) electrons. The van der Waals surface area contributed by atoms with Gasteiger partial charge in [-0.15, -0.1) is 0 Å². The molecule has 88 valence electrons. The number of carbonyl (C=O) groups is 1. The van der Waals surface area contributed by atoms with Crippen molar-refractivity contribution in [2.24, 2.45) is 5.73 Å². The van der Waals surface area contributed by atoms with Crippen molar-refractivity contribution < 1.29 is 9.18 Å². The summed E-state index contributed by atoms with van der Waals surface area (Å²) in [5, 5.41) is 0. The van der Waals surface area contributed by atoms with Gasteiger partial charge < -0.3 is 5.73 Å². The monoisotopic (exact) mass is 223 g/mol. The Bertz CT molecular complexity index is 393. The van der Waals surface area contributed by atoms with Gasteiger partial charge in [0.2, 0.25) is 0 Å². The van der Waals surface area contributed by atoms with Crippen molar-refractivity contribution in [1.29, 1.82) is 0 Å². The molecule has 0 atom stereocenters. The van der Waals surface area contributed by atoms with E-state index in [1.807, 2.05) is 20.8 Å². The summed E-state index contributed by atoms with van der Waals surface area (Å²) in [6, 6.07) is 4.65. The highest BCUT2D eigenvalue weighted by molar-refractivity contribution is 5.96. The summed E-state index contributed by atoms with van der Waals surface area (Å²) in [4.78, 5) is 11.5. The lowest BCUT2D eigenvalue weighted by molar-refractivity contribution is 0.0985. The molecule has 0 amide bonds. The first kappa shape index (κ1) is 12.8. The molecule has 2 N–H and O–H groups in total. The third-order valence-corrected chi connectivity index (χ3v) is 2.47. The Morgan fingerprint density at radius 2 is 2.00 bits per heavy atom. The van der Waals surface area contributed by atoms with E-state index in [0.717, 1.165) is 0 Å². The van der Waals surface area contributed by atoms with Gasteiger partial charge in [-0.2, -0.15) is 0 Å². The number of halogens is 1. The SMILES string of the molecule is CC(C)(C)c1ccc(C(=O)CCN)cc1F. The summed E-state index contributed by atoms with van der Waals surface area (Å²) in [6.07, 6.45) is 0.258. The highest BCUT2D eigenvalue weighted by atomic mass is 19.1. The van der Waals surface area contributed by atoms with Crippen LogP contribution in [0.15, 0.2) is 18.2 Å². The number of hydrogen-bond donors (Lipinski definition) is 1. The minimum absolute atomic E-state index is 0.109. The number of benzene rings is 1. The van der Waals surface area contributed by atoms with Gasteiger partial charge in [0.25, 0.3) is 0 Å². The lowest BCUT2D eigenvalue weighted by Gasteiger charge is -2.20. The molecule has 0 aliphatic rings. The molecule has 0 fully saturated rings. The number of carbonyl (C=O) groups excluding carboxylic acids is 1. The Morgan fingerprint density at radius 1 is 1.38 bits per heavy atom. The third-order valence-electron chi connectivity index (χ3n) is 2.47. The maximum absolute atomic E-state index is 13.8. The average molecular weight is 223 g/mol. The standard InChI is InChI=1S/C13H18FNO/c1-13(2,3)10-5-4-9(8-11(10)14)12(16)6-7-15/h4-5,8H,6-7,15H2,1-3H3. The lowest BCUT2D eigenvalue weighted by atomic mass is 9.86. The molecule has 1 aromatic rings. The van der Waals surface area contributed by atoms with E-state index in [1.54, 1.807) is 12.1 Å². The first-order chi connectivity index (χ1) is 7.36. The van der Waals surface area contributed by atoms with Gasteiger partial charge in [0, 0.05) is 12.0 Å². The van der Waals surface area contributed by atoms with Gasteiger partial charge in [-0.1, -0.05) is 32.9 Å². The van der Waals surface area contributed by atoms with Gasteiger partial charge >= 0.3 is 0 Å². The quantitative estimate of drug-likeness (QED) is 0.800. The number of ketones is 1. The van der Waals surface area contributed by atoms with Gasteiger partial charge in [0.05, 0.1) is 0 Å². The van der Waals surface area contributed by atoms with Crippen LogP contribution in [0.1, 0.15) is 43.1 Å². The Morgan fingerprint density at radius 3 is 2.44 bits per heavy atom. The maximum Gasteiger partial charge on any atom is 0.164 e. The fraction of sp³-hybridized carbons (Fsp3) is 0.462. The number of hydrogen-bond acceptors (Lipinski definition) is 2. The zero-order valence-electron chi connectivity index (χ0n) is 10.0. The fourth-order valence-corrected chi connectivity index (χ4v) is 1.57. The number of rotatable bonds is 3. The van der Waals surface area contributed by atoms with Gasteiger partial charge in [-0.05, 0) is 23.6 Å². The maximum atomic E-state index is 13.8. The Labute approximate surface area is 95.7 Å². The first-order valence-corrected chi connectivity index (χ1v) is 5.39. The summed E-state index contributed by atoms with van der Waals surface area (Å²) in [5.41, 5.74) is 6.06. The average Bonchev–Trinajstić information content (AvgIpc) is 2.16. The summed E-state index contributed by atoms with van der Waals surface area (Å²) in [6.45, 7) is 6.11. The van der Waals surface area contributed by atoms with Crippen molar-refractivity contribution >= 4 is 5.78 Å². The molecule has 0 saturated heterocycles. The highest BCUT2D eigenvalue weighted by Gasteiger charge is 2.19. The van der Waals surface area contributed by atoms with Crippen LogP contribution in [0.3, 0.4) is 0 Å². The molecule has 1 aromatic carbocycles. The van der Waals surface area contributed by atoms with Crippen LogP contribution >= 0.6 is 0 Å². The van der Waals surface area contributed by atoms with E-state index in [0.29, 0.717) is 17.7 Å². The molecule has 1 rings (SSSR count). The molecule has 0 spiro atoms. The van der Waals surface area contributed by atoms with Gasteiger partial charge in [0.1, 0.15) is 5.82 Å². The van der Waals surface area contributed by atoms with E-state index in [9.17, 15) is 9.18 Å². The molecule has 0 aliphatic carbocycles. The molecule has 3 heteroatoms. The van der Waals surface area contributed by atoms with Crippen molar-refractivity contribution in [2.45, 2.75) is 32.6 Å². The van der Waals surface area contributed by atoms with E-state index in [2.05, 4.69) is 0 Å². The van der Waals surface area contributed by atoms with Crippen molar-refractivity contribution in [2.75, 3.05) is 6.54 Å². The minimum Gasteiger partial charge on any atom is -0.330 e. The topological polar surface area (TPSA) is 43.1 Å². The lowest BCUT2D eigenvalue weighted by Crippen LogP contribution is -2.15. The van der Waals surface area contributed by atoms with Crippen LogP contribution in [0.5, 0.6) is 0 Å². The summed E-state index contributed by atoms with van der Waals surface area (Å²) >= 11 is 0. The highest BCUT2D eigenvalue weighted by Crippen LogP contribution is 2.25. The molecule has 0 saturated carbocycles. The van der Waals surface area contributed by atoms with Crippen molar-refractivity contribution in [1.82, 2.24) is 0 Å². The Balaban J connectivity index is 3.05. The van der Waals surface area contributed by atoms with Crippen LogP contribution in [-0.4, -0.2) is 12.3 Å². The molecule has 0 aliphatic heterocycles. The van der Waals surface area contributed by atoms with Gasteiger partial charge in [0.15, 0.2) is 5.78 Å². The Hall–Kier alpha value is -1.22.